The van der Waals surface area contributed by atoms with Crippen molar-refractivity contribution < 1.29 is 20.4 Å². The van der Waals surface area contributed by atoms with E-state index in [9.17, 15) is 0 Å². The van der Waals surface area contributed by atoms with E-state index in [0.717, 1.165) is 12.2 Å². The number of rotatable bonds is 3. The Kier molecular flexibility index (Phi) is 9.99. The Balaban J connectivity index is 0.00000110. The van der Waals surface area contributed by atoms with Gasteiger partial charge in [-0.1, -0.05) is 61.4 Å². The predicted molar refractivity (Wildman–Crippen MR) is 89.7 cm³/mol. The molecule has 1 rings (SSSR count). The van der Waals surface area contributed by atoms with Gasteiger partial charge in [-0.25, -0.2) is 0 Å². The summed E-state index contributed by atoms with van der Waals surface area (Å²) in [4.78, 5) is 0. The molecule has 0 amide bonds. The Morgan fingerprint density at radius 3 is 2.00 bits per heavy atom. The van der Waals surface area contributed by atoms with E-state index in [1.807, 2.05) is 12.1 Å². The van der Waals surface area contributed by atoms with Crippen molar-refractivity contribution in [3.05, 3.63) is 36.0 Å². The van der Waals surface area contributed by atoms with E-state index in [1.54, 1.807) is 6.26 Å². The summed E-state index contributed by atoms with van der Waals surface area (Å²) in [5, 5.41) is 0.709. The molecular formula is C15H25Cl2OPPd. The molecular weight excluding hydrogens is 404 g/mol. The first kappa shape index (κ1) is 20.7. The quantitative estimate of drug-likeness (QED) is 0.381. The van der Waals surface area contributed by atoms with Gasteiger partial charge >= 0.3 is 35.0 Å². The number of furan rings is 1. The van der Waals surface area contributed by atoms with Gasteiger partial charge in [0.05, 0.1) is 6.26 Å². The van der Waals surface area contributed by atoms with Crippen molar-refractivity contribution in [2.75, 3.05) is 0 Å². The van der Waals surface area contributed by atoms with Crippen molar-refractivity contribution in [1.29, 1.82) is 0 Å². The van der Waals surface area contributed by atoms with Crippen LogP contribution in [-0.4, -0.2) is 10.3 Å². The van der Waals surface area contributed by atoms with Crippen molar-refractivity contribution in [3.8, 4) is 0 Å². The van der Waals surface area contributed by atoms with Gasteiger partial charge in [-0.2, -0.15) is 0 Å². The fourth-order valence-corrected chi connectivity index (χ4v) is 5.38. The molecule has 0 saturated carbocycles. The van der Waals surface area contributed by atoms with Crippen LogP contribution in [0.3, 0.4) is 0 Å². The van der Waals surface area contributed by atoms with Crippen molar-refractivity contribution in [2.45, 2.75) is 58.3 Å². The summed E-state index contributed by atoms with van der Waals surface area (Å²) in [7, 11) is 9.48. The monoisotopic (exact) mass is 428 g/mol. The molecule has 0 N–H and O–H groups in total. The number of allylic oxidation sites excluding steroid dienone is 1. The van der Waals surface area contributed by atoms with Crippen LogP contribution in [0.15, 0.2) is 34.7 Å². The first-order valence-corrected chi connectivity index (χ1v) is 11.8. The third kappa shape index (κ3) is 8.86. The zero-order chi connectivity index (χ0) is 15.8. The van der Waals surface area contributed by atoms with Crippen LogP contribution in [0.5, 0.6) is 0 Å². The molecule has 0 radical (unpaired) electrons. The third-order valence-electron chi connectivity index (χ3n) is 2.60. The maximum absolute atomic E-state index is 5.34. The standard InChI is InChI=1S/C15H25OP.2ClH.Pd/c1-14(2,3)17(15(4,5)6)12-8-10-13-9-7-11-16-13;;;/h7-9,11-12H,10H2,1-6H3;2*1H;/q;;;+2/p-2. The van der Waals surface area contributed by atoms with Gasteiger partial charge in [-0.3, -0.25) is 0 Å². The fourth-order valence-electron chi connectivity index (χ4n) is 2.16. The van der Waals surface area contributed by atoms with Crippen LogP contribution >= 0.6 is 27.0 Å². The van der Waals surface area contributed by atoms with Crippen LogP contribution in [0.1, 0.15) is 47.3 Å². The minimum absolute atomic E-state index is 0.106. The van der Waals surface area contributed by atoms with Crippen LogP contribution in [0.2, 0.25) is 0 Å². The summed E-state index contributed by atoms with van der Waals surface area (Å²) < 4.78 is 5.34. The number of hydrogen-bond donors (Lipinski definition) is 0. The predicted octanol–water partition coefficient (Wildman–Crippen LogP) is 6.79. The van der Waals surface area contributed by atoms with E-state index in [0.29, 0.717) is 10.3 Å². The molecule has 0 unspecified atom stereocenters. The van der Waals surface area contributed by atoms with Crippen LogP contribution in [0.4, 0.5) is 0 Å². The first-order chi connectivity index (χ1) is 9.12. The molecule has 0 aliphatic heterocycles. The van der Waals surface area contributed by atoms with Crippen LogP contribution < -0.4 is 0 Å². The van der Waals surface area contributed by atoms with E-state index >= 15 is 0 Å². The fraction of sp³-hybridized carbons (Fsp3) is 0.600. The molecule has 0 saturated heterocycles. The molecule has 1 nitrogen and oxygen atoms in total. The summed E-state index contributed by atoms with van der Waals surface area (Å²) >= 11 is -0.106. The van der Waals surface area contributed by atoms with Gasteiger partial charge in [0.15, 0.2) is 0 Å². The van der Waals surface area contributed by atoms with E-state index in [2.05, 4.69) is 53.4 Å². The third-order valence-corrected chi connectivity index (χ3v) is 6.00. The summed E-state index contributed by atoms with van der Waals surface area (Å²) in [6.07, 6.45) is 4.90. The Bertz CT molecular complexity index is 364. The summed E-state index contributed by atoms with van der Waals surface area (Å²) in [6.45, 7) is 14.0. The first-order valence-electron chi connectivity index (χ1n) is 6.43. The molecule has 0 atom stereocenters. The van der Waals surface area contributed by atoms with Gasteiger partial charge < -0.3 is 4.42 Å². The molecule has 0 aromatic carbocycles. The van der Waals surface area contributed by atoms with Gasteiger partial charge in [0.1, 0.15) is 5.76 Å². The maximum atomic E-state index is 5.34. The van der Waals surface area contributed by atoms with Crippen LogP contribution in [-0.2, 0) is 22.4 Å². The van der Waals surface area contributed by atoms with Crippen LogP contribution in [0, 0.1) is 0 Å². The molecule has 1 heterocycles. The van der Waals surface area contributed by atoms with Gasteiger partial charge in [-0.15, -0.1) is 0 Å². The number of hydrogen-bond acceptors (Lipinski definition) is 1. The topological polar surface area (TPSA) is 13.1 Å². The van der Waals surface area contributed by atoms with Crippen molar-refractivity contribution in [3.63, 3.8) is 0 Å². The Morgan fingerprint density at radius 1 is 1.15 bits per heavy atom. The van der Waals surface area contributed by atoms with Crippen molar-refractivity contribution >= 4 is 27.0 Å². The van der Waals surface area contributed by atoms with Crippen LogP contribution in [0.25, 0.3) is 0 Å². The van der Waals surface area contributed by atoms with Gasteiger partial charge in [-0.05, 0) is 22.4 Å². The molecule has 0 aliphatic rings. The molecule has 1 aromatic rings. The molecule has 0 aliphatic carbocycles. The summed E-state index contributed by atoms with van der Waals surface area (Å²) in [5.41, 5.74) is 0. The molecule has 120 valence electrons. The summed E-state index contributed by atoms with van der Waals surface area (Å²) in [6, 6.07) is 3.97. The SMILES string of the molecule is CC(C)(C)P(C=CCc1ccco1)C(C)(C)C.[Cl][Pd][Cl]. The normalized spacial score (nSPS) is 12.8. The Hall–Kier alpha value is 0.692. The Morgan fingerprint density at radius 2 is 1.65 bits per heavy atom. The molecule has 5 heteroatoms. The minimum atomic E-state index is -0.147. The molecule has 1 aromatic heterocycles. The second kappa shape index (κ2) is 9.66. The second-order valence-corrected chi connectivity index (χ2v) is 12.5. The molecule has 0 spiro atoms. The average molecular weight is 430 g/mol. The molecule has 0 fully saturated rings. The van der Waals surface area contributed by atoms with Gasteiger partial charge in [0.2, 0.25) is 0 Å². The second-order valence-electron chi connectivity index (χ2n) is 6.43. The van der Waals surface area contributed by atoms with E-state index in [-0.39, 0.29) is 23.9 Å². The zero-order valence-corrected chi connectivity index (χ0v) is 17.0. The molecule has 0 bridgehead atoms. The average Bonchev–Trinajstić information content (AvgIpc) is 2.74. The van der Waals surface area contributed by atoms with Crippen molar-refractivity contribution in [2.24, 2.45) is 0 Å². The van der Waals surface area contributed by atoms with Gasteiger partial charge in [0.25, 0.3) is 0 Å². The van der Waals surface area contributed by atoms with E-state index < -0.39 is 0 Å². The Labute approximate surface area is 141 Å². The molecule has 20 heavy (non-hydrogen) atoms. The van der Waals surface area contributed by atoms with E-state index in [1.165, 1.54) is 0 Å². The summed E-state index contributed by atoms with van der Waals surface area (Å²) in [5.74, 6) is 3.46. The zero-order valence-electron chi connectivity index (χ0n) is 13.0. The number of halogens is 2. The van der Waals surface area contributed by atoms with Crippen molar-refractivity contribution in [1.82, 2.24) is 0 Å². The van der Waals surface area contributed by atoms with Gasteiger partial charge in [0, 0.05) is 6.42 Å². The van der Waals surface area contributed by atoms with E-state index in [4.69, 9.17) is 23.5 Å².